The van der Waals surface area contributed by atoms with Crippen LogP contribution in [0.1, 0.15) is 39.0 Å². The summed E-state index contributed by atoms with van der Waals surface area (Å²) in [6, 6.07) is 0. The van der Waals surface area contributed by atoms with Crippen LogP contribution in [0.3, 0.4) is 0 Å². The van der Waals surface area contributed by atoms with E-state index < -0.39 is 11.8 Å². The average molecular weight is 174 g/mol. The summed E-state index contributed by atoms with van der Waals surface area (Å²) < 4.78 is 12.6. The Balaban J connectivity index is 3.43. The summed E-state index contributed by atoms with van der Waals surface area (Å²) in [5.41, 5.74) is 0. The third-order valence-electron chi connectivity index (χ3n) is 1.55. The largest absolute Gasteiger partial charge is 0.478 e. The van der Waals surface area contributed by atoms with E-state index in [1.54, 1.807) is 0 Å². The second-order valence-corrected chi connectivity index (χ2v) is 2.74. The van der Waals surface area contributed by atoms with Gasteiger partial charge in [-0.2, -0.15) is 0 Å². The molecule has 2 nitrogen and oxygen atoms in total. The molecule has 0 amide bonds. The first-order valence-corrected chi connectivity index (χ1v) is 4.25. The molecule has 12 heavy (non-hydrogen) atoms. The monoisotopic (exact) mass is 174 g/mol. The highest BCUT2D eigenvalue weighted by atomic mass is 19.1. The Kier molecular flexibility index (Phi) is 6.34. The lowest BCUT2D eigenvalue weighted by Crippen LogP contribution is -1.89. The van der Waals surface area contributed by atoms with Crippen molar-refractivity contribution in [2.45, 2.75) is 39.0 Å². The summed E-state index contributed by atoms with van der Waals surface area (Å²) in [5, 5.41) is 8.17. The third-order valence-corrected chi connectivity index (χ3v) is 1.55. The van der Waals surface area contributed by atoms with Crippen LogP contribution >= 0.6 is 0 Å². The zero-order valence-corrected chi connectivity index (χ0v) is 7.35. The molecule has 0 atom stereocenters. The van der Waals surface area contributed by atoms with Crippen molar-refractivity contribution in [3.63, 3.8) is 0 Å². The zero-order chi connectivity index (χ0) is 9.40. The number of unbranched alkanes of at least 4 members (excludes halogenated alkanes) is 3. The summed E-state index contributed by atoms with van der Waals surface area (Å²) in [4.78, 5) is 9.98. The summed E-state index contributed by atoms with van der Waals surface area (Å²) in [5.74, 6) is -1.73. The maximum absolute atomic E-state index is 12.6. The Hall–Kier alpha value is -0.860. The number of halogens is 1. The molecule has 0 aliphatic carbocycles. The van der Waals surface area contributed by atoms with Crippen molar-refractivity contribution in [3.05, 3.63) is 11.9 Å². The Labute approximate surface area is 72.1 Å². The molecule has 0 saturated heterocycles. The minimum atomic E-state index is -1.21. The van der Waals surface area contributed by atoms with E-state index in [4.69, 9.17) is 5.11 Å². The van der Waals surface area contributed by atoms with Crippen molar-refractivity contribution in [1.82, 2.24) is 0 Å². The average Bonchev–Trinajstić information content (AvgIpc) is 1.97. The summed E-state index contributed by atoms with van der Waals surface area (Å²) in [7, 11) is 0. The molecule has 0 radical (unpaired) electrons. The van der Waals surface area contributed by atoms with E-state index in [2.05, 4.69) is 6.92 Å². The maximum Gasteiger partial charge on any atom is 0.330 e. The summed E-state index contributed by atoms with van der Waals surface area (Å²) in [6.07, 6.45) is 4.78. The molecule has 0 aromatic carbocycles. The lowest BCUT2D eigenvalue weighted by Gasteiger charge is -1.96. The van der Waals surface area contributed by atoms with Gasteiger partial charge in [0.25, 0.3) is 0 Å². The van der Waals surface area contributed by atoms with Crippen molar-refractivity contribution >= 4 is 5.97 Å². The highest BCUT2D eigenvalue weighted by Crippen LogP contribution is 2.10. The molecule has 0 heterocycles. The number of hydrogen-bond donors (Lipinski definition) is 1. The third kappa shape index (κ3) is 7.25. The first-order valence-electron chi connectivity index (χ1n) is 4.25. The van der Waals surface area contributed by atoms with Crippen LogP contribution in [0.25, 0.3) is 0 Å². The molecule has 0 saturated carbocycles. The second-order valence-electron chi connectivity index (χ2n) is 2.74. The predicted octanol–water partition coefficient (Wildman–Crippen LogP) is 2.89. The molecule has 3 heteroatoms. The van der Waals surface area contributed by atoms with E-state index in [-0.39, 0.29) is 6.42 Å². The van der Waals surface area contributed by atoms with Gasteiger partial charge in [-0.1, -0.05) is 26.2 Å². The van der Waals surface area contributed by atoms with Crippen LogP contribution in [-0.4, -0.2) is 11.1 Å². The van der Waals surface area contributed by atoms with Crippen LogP contribution in [0.2, 0.25) is 0 Å². The number of allylic oxidation sites excluding steroid dienone is 1. The number of carboxylic acids is 1. The van der Waals surface area contributed by atoms with Gasteiger partial charge in [0, 0.05) is 0 Å². The van der Waals surface area contributed by atoms with Crippen LogP contribution < -0.4 is 0 Å². The number of carboxylic acid groups (broad SMARTS) is 1. The quantitative estimate of drug-likeness (QED) is 0.496. The van der Waals surface area contributed by atoms with Crippen molar-refractivity contribution in [3.8, 4) is 0 Å². The van der Waals surface area contributed by atoms with Gasteiger partial charge < -0.3 is 5.11 Å². The van der Waals surface area contributed by atoms with Gasteiger partial charge in [0.15, 0.2) is 0 Å². The Morgan fingerprint density at radius 2 is 2.08 bits per heavy atom. The van der Waals surface area contributed by atoms with Crippen molar-refractivity contribution in [2.24, 2.45) is 0 Å². The first-order chi connectivity index (χ1) is 5.66. The molecule has 0 aliphatic rings. The minimum Gasteiger partial charge on any atom is -0.478 e. The van der Waals surface area contributed by atoms with E-state index in [0.29, 0.717) is 6.08 Å². The molecule has 0 unspecified atom stereocenters. The van der Waals surface area contributed by atoms with Crippen molar-refractivity contribution in [1.29, 1.82) is 0 Å². The van der Waals surface area contributed by atoms with E-state index in [1.165, 1.54) is 0 Å². The standard InChI is InChI=1S/C9H15FO2/c1-2-3-4-5-6-8(10)7-9(11)12/h7H,2-6H2,1H3,(H,11,12)/b8-7-. The number of hydrogen-bond acceptors (Lipinski definition) is 1. The van der Waals surface area contributed by atoms with Crippen LogP contribution in [0, 0.1) is 0 Å². The number of rotatable bonds is 6. The Morgan fingerprint density at radius 3 is 2.58 bits per heavy atom. The van der Waals surface area contributed by atoms with Crippen LogP contribution in [-0.2, 0) is 4.79 Å². The fourth-order valence-electron chi connectivity index (χ4n) is 0.927. The smallest absolute Gasteiger partial charge is 0.330 e. The van der Waals surface area contributed by atoms with Gasteiger partial charge in [0.05, 0.1) is 6.08 Å². The molecular formula is C9H15FO2. The molecule has 1 N–H and O–H groups in total. The predicted molar refractivity (Wildman–Crippen MR) is 45.6 cm³/mol. The van der Waals surface area contributed by atoms with Crippen LogP contribution in [0.4, 0.5) is 4.39 Å². The van der Waals surface area contributed by atoms with E-state index in [9.17, 15) is 9.18 Å². The van der Waals surface area contributed by atoms with Gasteiger partial charge in [-0.25, -0.2) is 9.18 Å². The molecule has 0 aliphatic heterocycles. The van der Waals surface area contributed by atoms with Gasteiger partial charge in [-0.3, -0.25) is 0 Å². The fraction of sp³-hybridized carbons (Fsp3) is 0.667. The van der Waals surface area contributed by atoms with Crippen molar-refractivity contribution in [2.75, 3.05) is 0 Å². The highest BCUT2D eigenvalue weighted by Gasteiger charge is 1.98. The lowest BCUT2D eigenvalue weighted by atomic mass is 10.1. The molecule has 70 valence electrons. The fourth-order valence-corrected chi connectivity index (χ4v) is 0.927. The Morgan fingerprint density at radius 1 is 1.42 bits per heavy atom. The van der Waals surface area contributed by atoms with E-state index in [1.807, 2.05) is 0 Å². The zero-order valence-electron chi connectivity index (χ0n) is 7.35. The number of carbonyl (C=O) groups is 1. The second kappa shape index (κ2) is 6.83. The number of aliphatic carboxylic acids is 1. The molecule has 0 spiro atoms. The van der Waals surface area contributed by atoms with Gasteiger partial charge in [0.2, 0.25) is 0 Å². The summed E-state index contributed by atoms with van der Waals surface area (Å²) >= 11 is 0. The van der Waals surface area contributed by atoms with E-state index >= 15 is 0 Å². The molecule has 0 fully saturated rings. The van der Waals surface area contributed by atoms with Crippen LogP contribution in [0.15, 0.2) is 11.9 Å². The van der Waals surface area contributed by atoms with Gasteiger partial charge in [-0.15, -0.1) is 0 Å². The molecular weight excluding hydrogens is 159 g/mol. The minimum absolute atomic E-state index is 0.256. The van der Waals surface area contributed by atoms with Crippen molar-refractivity contribution < 1.29 is 14.3 Å². The lowest BCUT2D eigenvalue weighted by molar-refractivity contribution is -0.131. The molecule has 0 aromatic rings. The highest BCUT2D eigenvalue weighted by molar-refractivity contribution is 5.80. The first kappa shape index (κ1) is 11.1. The van der Waals surface area contributed by atoms with Gasteiger partial charge >= 0.3 is 5.97 Å². The van der Waals surface area contributed by atoms with Crippen LogP contribution in [0.5, 0.6) is 0 Å². The topological polar surface area (TPSA) is 37.3 Å². The molecule has 0 aromatic heterocycles. The SMILES string of the molecule is CCCCCC/C(F)=C/C(=O)O. The normalized spacial score (nSPS) is 11.7. The van der Waals surface area contributed by atoms with E-state index in [0.717, 1.165) is 25.7 Å². The molecule has 0 bridgehead atoms. The van der Waals surface area contributed by atoms with Gasteiger partial charge in [-0.05, 0) is 12.8 Å². The summed E-state index contributed by atoms with van der Waals surface area (Å²) in [6.45, 7) is 2.07. The molecule has 0 rings (SSSR count). The Bertz CT molecular complexity index is 164. The maximum atomic E-state index is 12.6. The van der Waals surface area contributed by atoms with Gasteiger partial charge in [0.1, 0.15) is 5.83 Å².